The third-order valence-electron chi connectivity index (χ3n) is 4.10. The lowest BCUT2D eigenvalue weighted by Crippen LogP contribution is -2.38. The van der Waals surface area contributed by atoms with Crippen LogP contribution in [0.25, 0.3) is 0 Å². The van der Waals surface area contributed by atoms with Crippen LogP contribution in [0.15, 0.2) is 12.2 Å². The topological polar surface area (TPSA) is 47.9 Å². The summed E-state index contributed by atoms with van der Waals surface area (Å²) in [7, 11) is 1.72. The fraction of sp³-hybridized carbons (Fsp3) is 0.882. The number of aliphatic hydroxyl groups excluding tert-OH is 1. The van der Waals surface area contributed by atoms with Gasteiger partial charge in [-0.25, -0.2) is 0 Å². The number of hydrogen-bond donors (Lipinski definition) is 1. The molecular formula is C17H32O4. The highest BCUT2D eigenvalue weighted by molar-refractivity contribution is 5.08. The average molecular weight is 300 g/mol. The Balaban J connectivity index is 2.58. The Morgan fingerprint density at radius 2 is 2.14 bits per heavy atom. The fourth-order valence-corrected chi connectivity index (χ4v) is 2.89. The standard InChI is InChI=1S/C17H32O4/c1-5-7-10-15(20-6-2)16(19-4)12-13(3)17-14(18)9-8-11-21-17/h14-18H,3,5-12H2,1-2,4H3/t14-,15-,16-,17+/m1/s1. The highest BCUT2D eigenvalue weighted by Crippen LogP contribution is 2.25. The second kappa shape index (κ2) is 10.3. The van der Waals surface area contributed by atoms with E-state index in [9.17, 15) is 5.11 Å². The molecule has 21 heavy (non-hydrogen) atoms. The number of ether oxygens (including phenoxy) is 3. The number of aliphatic hydroxyl groups is 1. The molecular weight excluding hydrogens is 268 g/mol. The molecule has 1 heterocycles. The Hall–Kier alpha value is -0.420. The Morgan fingerprint density at radius 3 is 2.71 bits per heavy atom. The number of hydrogen-bond acceptors (Lipinski definition) is 4. The van der Waals surface area contributed by atoms with Crippen molar-refractivity contribution in [2.75, 3.05) is 20.3 Å². The van der Waals surface area contributed by atoms with E-state index in [1.807, 2.05) is 6.92 Å². The minimum Gasteiger partial charge on any atom is -0.390 e. The second-order valence-corrected chi connectivity index (χ2v) is 5.77. The molecule has 4 nitrogen and oxygen atoms in total. The van der Waals surface area contributed by atoms with Gasteiger partial charge < -0.3 is 19.3 Å². The molecule has 0 aliphatic carbocycles. The molecule has 1 aliphatic rings. The van der Waals surface area contributed by atoms with Crippen molar-refractivity contribution in [2.24, 2.45) is 0 Å². The molecule has 0 unspecified atom stereocenters. The predicted molar refractivity (Wildman–Crippen MR) is 84.5 cm³/mol. The van der Waals surface area contributed by atoms with Gasteiger partial charge in [-0.2, -0.15) is 0 Å². The maximum Gasteiger partial charge on any atom is 0.104 e. The van der Waals surface area contributed by atoms with Crippen LogP contribution in [-0.4, -0.2) is 49.8 Å². The van der Waals surface area contributed by atoms with Crippen molar-refractivity contribution in [2.45, 2.75) is 76.8 Å². The summed E-state index contributed by atoms with van der Waals surface area (Å²) in [5.41, 5.74) is 0.912. The minimum atomic E-state index is -0.440. The van der Waals surface area contributed by atoms with E-state index in [1.54, 1.807) is 7.11 Å². The zero-order valence-corrected chi connectivity index (χ0v) is 13.8. The molecule has 1 fully saturated rings. The zero-order chi connectivity index (χ0) is 15.7. The molecule has 0 amide bonds. The monoisotopic (exact) mass is 300 g/mol. The van der Waals surface area contributed by atoms with E-state index in [-0.39, 0.29) is 18.3 Å². The van der Waals surface area contributed by atoms with Gasteiger partial charge in [0.2, 0.25) is 0 Å². The summed E-state index contributed by atoms with van der Waals surface area (Å²) in [5.74, 6) is 0. The van der Waals surface area contributed by atoms with E-state index in [0.717, 1.165) is 37.7 Å². The maximum atomic E-state index is 10.1. The number of unbranched alkanes of at least 4 members (excludes halogenated alkanes) is 1. The molecule has 1 aliphatic heterocycles. The molecule has 1 N–H and O–H groups in total. The van der Waals surface area contributed by atoms with Gasteiger partial charge in [-0.1, -0.05) is 26.3 Å². The van der Waals surface area contributed by atoms with Crippen molar-refractivity contribution in [1.29, 1.82) is 0 Å². The van der Waals surface area contributed by atoms with Gasteiger partial charge in [0.1, 0.15) is 6.10 Å². The summed E-state index contributed by atoms with van der Waals surface area (Å²) in [6, 6.07) is 0. The van der Waals surface area contributed by atoms with E-state index >= 15 is 0 Å². The third-order valence-corrected chi connectivity index (χ3v) is 4.10. The van der Waals surface area contributed by atoms with E-state index in [4.69, 9.17) is 14.2 Å². The first-order valence-corrected chi connectivity index (χ1v) is 8.25. The van der Waals surface area contributed by atoms with Crippen LogP contribution in [0.2, 0.25) is 0 Å². The van der Waals surface area contributed by atoms with Crippen LogP contribution in [0.3, 0.4) is 0 Å². The molecule has 0 aromatic rings. The fourth-order valence-electron chi connectivity index (χ4n) is 2.89. The second-order valence-electron chi connectivity index (χ2n) is 5.77. The van der Waals surface area contributed by atoms with Crippen LogP contribution in [0.5, 0.6) is 0 Å². The van der Waals surface area contributed by atoms with Gasteiger partial charge in [-0.15, -0.1) is 0 Å². The molecule has 124 valence electrons. The average Bonchev–Trinajstić information content (AvgIpc) is 2.49. The third kappa shape index (κ3) is 6.07. The molecule has 4 atom stereocenters. The summed E-state index contributed by atoms with van der Waals surface area (Å²) < 4.78 is 17.2. The van der Waals surface area contributed by atoms with Crippen LogP contribution in [0.1, 0.15) is 52.4 Å². The normalized spacial score (nSPS) is 25.5. The van der Waals surface area contributed by atoms with Crippen molar-refractivity contribution in [3.63, 3.8) is 0 Å². The first kappa shape index (κ1) is 18.6. The van der Waals surface area contributed by atoms with Crippen molar-refractivity contribution < 1.29 is 19.3 Å². The quantitative estimate of drug-likeness (QED) is 0.630. The number of rotatable bonds is 10. The molecule has 4 heteroatoms. The summed E-state index contributed by atoms with van der Waals surface area (Å²) in [6.07, 6.45) is 4.99. The SMILES string of the molecule is C=C(C[C@@H](OC)[C@@H](CCCC)OCC)[C@@H]1OCCC[C@H]1O. The van der Waals surface area contributed by atoms with Gasteiger partial charge in [-0.3, -0.25) is 0 Å². The van der Waals surface area contributed by atoms with Crippen molar-refractivity contribution in [3.8, 4) is 0 Å². The van der Waals surface area contributed by atoms with Crippen LogP contribution in [0.4, 0.5) is 0 Å². The van der Waals surface area contributed by atoms with Crippen LogP contribution < -0.4 is 0 Å². The van der Waals surface area contributed by atoms with Crippen molar-refractivity contribution >= 4 is 0 Å². The Labute approximate surface area is 129 Å². The zero-order valence-electron chi connectivity index (χ0n) is 13.8. The molecule has 0 bridgehead atoms. The lowest BCUT2D eigenvalue weighted by Gasteiger charge is -2.33. The van der Waals surface area contributed by atoms with Gasteiger partial charge in [0.05, 0.1) is 18.3 Å². The summed E-state index contributed by atoms with van der Waals surface area (Å²) in [4.78, 5) is 0. The summed E-state index contributed by atoms with van der Waals surface area (Å²) in [5, 5.41) is 10.1. The number of methoxy groups -OCH3 is 1. The van der Waals surface area contributed by atoms with Gasteiger partial charge in [-0.05, 0) is 38.2 Å². The Bertz CT molecular complexity index is 293. The molecule has 0 aromatic heterocycles. The highest BCUT2D eigenvalue weighted by Gasteiger charge is 2.30. The molecule has 0 radical (unpaired) electrons. The molecule has 0 spiro atoms. The van der Waals surface area contributed by atoms with E-state index in [1.165, 1.54) is 0 Å². The van der Waals surface area contributed by atoms with Crippen LogP contribution >= 0.6 is 0 Å². The Morgan fingerprint density at radius 1 is 1.38 bits per heavy atom. The molecule has 0 saturated carbocycles. The van der Waals surface area contributed by atoms with Gasteiger partial charge in [0.25, 0.3) is 0 Å². The van der Waals surface area contributed by atoms with Crippen LogP contribution in [0, 0.1) is 0 Å². The predicted octanol–water partition coefficient (Wildman–Crippen LogP) is 3.08. The molecule has 0 aromatic carbocycles. The first-order valence-electron chi connectivity index (χ1n) is 8.25. The summed E-state index contributed by atoms with van der Waals surface area (Å²) in [6.45, 7) is 9.69. The van der Waals surface area contributed by atoms with E-state index in [2.05, 4.69) is 13.5 Å². The van der Waals surface area contributed by atoms with E-state index in [0.29, 0.717) is 19.6 Å². The van der Waals surface area contributed by atoms with Gasteiger partial charge in [0, 0.05) is 20.3 Å². The maximum absolute atomic E-state index is 10.1. The van der Waals surface area contributed by atoms with Crippen LogP contribution in [-0.2, 0) is 14.2 Å². The summed E-state index contributed by atoms with van der Waals surface area (Å²) >= 11 is 0. The van der Waals surface area contributed by atoms with E-state index < -0.39 is 6.10 Å². The Kier molecular flexibility index (Phi) is 9.16. The lowest BCUT2D eigenvalue weighted by molar-refractivity contribution is -0.0740. The minimum absolute atomic E-state index is 0.0262. The lowest BCUT2D eigenvalue weighted by atomic mass is 9.93. The highest BCUT2D eigenvalue weighted by atomic mass is 16.5. The van der Waals surface area contributed by atoms with Crippen molar-refractivity contribution in [3.05, 3.63) is 12.2 Å². The molecule has 1 saturated heterocycles. The van der Waals surface area contributed by atoms with Crippen molar-refractivity contribution in [1.82, 2.24) is 0 Å². The van der Waals surface area contributed by atoms with Gasteiger partial charge in [0.15, 0.2) is 0 Å². The molecule has 1 rings (SSSR count). The largest absolute Gasteiger partial charge is 0.390 e. The van der Waals surface area contributed by atoms with Gasteiger partial charge >= 0.3 is 0 Å². The first-order chi connectivity index (χ1) is 10.1. The smallest absolute Gasteiger partial charge is 0.104 e.